The van der Waals surface area contributed by atoms with Crippen molar-refractivity contribution in [2.24, 2.45) is 0 Å². The van der Waals surface area contributed by atoms with Gasteiger partial charge in [0.15, 0.2) is 5.15 Å². The predicted molar refractivity (Wildman–Crippen MR) is 54.3 cm³/mol. The van der Waals surface area contributed by atoms with Gasteiger partial charge in [0.2, 0.25) is 0 Å². The van der Waals surface area contributed by atoms with Crippen molar-refractivity contribution in [2.75, 3.05) is 7.05 Å². The molecule has 2 unspecified atom stereocenters. The van der Waals surface area contributed by atoms with E-state index in [1.54, 1.807) is 0 Å². The standard InChI is InChI=1S/C10H12ClN3/c1-14-6-2-3-9(14)7-5-10(11)13-12-8(7)4-6/h5-6,9H,2-4H2,1H3. The van der Waals surface area contributed by atoms with E-state index in [1.807, 2.05) is 6.07 Å². The zero-order valence-corrected chi connectivity index (χ0v) is 8.83. The SMILES string of the molecule is CN1C2CCC1c1cc(Cl)nnc1C2. The molecule has 0 N–H and O–H groups in total. The maximum atomic E-state index is 5.87. The highest BCUT2D eigenvalue weighted by molar-refractivity contribution is 6.29. The summed E-state index contributed by atoms with van der Waals surface area (Å²) in [5, 5.41) is 8.61. The Labute approximate surface area is 88.1 Å². The number of hydrogen-bond acceptors (Lipinski definition) is 3. The molecule has 0 radical (unpaired) electrons. The van der Waals surface area contributed by atoms with Crippen LogP contribution in [0.2, 0.25) is 5.15 Å². The van der Waals surface area contributed by atoms with E-state index in [0.29, 0.717) is 17.2 Å². The Morgan fingerprint density at radius 2 is 2.29 bits per heavy atom. The quantitative estimate of drug-likeness (QED) is 0.653. The molecule has 1 aromatic rings. The van der Waals surface area contributed by atoms with Gasteiger partial charge in [0.25, 0.3) is 0 Å². The molecule has 2 atom stereocenters. The van der Waals surface area contributed by atoms with Crippen LogP contribution in [-0.4, -0.2) is 28.2 Å². The second-order valence-electron chi connectivity index (χ2n) is 4.19. The monoisotopic (exact) mass is 209 g/mol. The van der Waals surface area contributed by atoms with Gasteiger partial charge < -0.3 is 0 Å². The molecule has 1 saturated heterocycles. The summed E-state index contributed by atoms with van der Waals surface area (Å²) in [5.41, 5.74) is 2.45. The first kappa shape index (κ1) is 8.62. The lowest BCUT2D eigenvalue weighted by molar-refractivity contribution is 0.221. The molecule has 0 amide bonds. The van der Waals surface area contributed by atoms with Crippen molar-refractivity contribution in [1.82, 2.24) is 15.1 Å². The highest BCUT2D eigenvalue weighted by Gasteiger charge is 2.38. The molecule has 0 saturated carbocycles. The normalized spacial score (nSPS) is 30.4. The molecule has 0 spiro atoms. The third-order valence-electron chi connectivity index (χ3n) is 3.50. The third kappa shape index (κ3) is 1.09. The third-order valence-corrected chi connectivity index (χ3v) is 3.69. The second-order valence-corrected chi connectivity index (χ2v) is 4.57. The first-order valence-corrected chi connectivity index (χ1v) is 5.37. The molecular weight excluding hydrogens is 198 g/mol. The largest absolute Gasteiger partial charge is 0.296 e. The first-order valence-electron chi connectivity index (χ1n) is 4.99. The van der Waals surface area contributed by atoms with Crippen molar-refractivity contribution in [3.8, 4) is 0 Å². The molecule has 14 heavy (non-hydrogen) atoms. The van der Waals surface area contributed by atoms with Crippen LogP contribution >= 0.6 is 11.6 Å². The Kier molecular flexibility index (Phi) is 1.79. The Bertz CT molecular complexity index is 380. The van der Waals surface area contributed by atoms with Crippen LogP contribution in [0.3, 0.4) is 0 Å². The van der Waals surface area contributed by atoms with Gasteiger partial charge in [-0.3, -0.25) is 4.90 Å². The van der Waals surface area contributed by atoms with Gasteiger partial charge in [0, 0.05) is 18.5 Å². The van der Waals surface area contributed by atoms with Crippen LogP contribution < -0.4 is 0 Å². The highest BCUT2D eigenvalue weighted by Crippen LogP contribution is 2.41. The van der Waals surface area contributed by atoms with E-state index in [4.69, 9.17) is 11.6 Å². The fourth-order valence-electron chi connectivity index (χ4n) is 2.71. The molecule has 2 aliphatic rings. The smallest absolute Gasteiger partial charge is 0.152 e. The molecule has 3 rings (SSSR count). The fraction of sp³-hybridized carbons (Fsp3) is 0.600. The summed E-state index contributed by atoms with van der Waals surface area (Å²) in [6.45, 7) is 0. The van der Waals surface area contributed by atoms with Crippen LogP contribution in [0.1, 0.15) is 30.1 Å². The maximum Gasteiger partial charge on any atom is 0.152 e. The van der Waals surface area contributed by atoms with Crippen LogP contribution in [0.5, 0.6) is 0 Å². The van der Waals surface area contributed by atoms with E-state index in [9.17, 15) is 0 Å². The van der Waals surface area contributed by atoms with Crippen molar-refractivity contribution in [1.29, 1.82) is 0 Å². The zero-order valence-electron chi connectivity index (χ0n) is 8.07. The van der Waals surface area contributed by atoms with Crippen molar-refractivity contribution in [2.45, 2.75) is 31.3 Å². The number of fused-ring (bicyclic) bond motifs is 4. The fourth-order valence-corrected chi connectivity index (χ4v) is 2.87. The average molecular weight is 210 g/mol. The van der Waals surface area contributed by atoms with Gasteiger partial charge in [-0.05, 0) is 31.5 Å². The predicted octanol–water partition coefficient (Wildman–Crippen LogP) is 1.82. The molecule has 74 valence electrons. The van der Waals surface area contributed by atoms with Crippen molar-refractivity contribution < 1.29 is 0 Å². The highest BCUT2D eigenvalue weighted by atomic mass is 35.5. The van der Waals surface area contributed by atoms with Gasteiger partial charge in [0.05, 0.1) is 5.69 Å². The lowest BCUT2D eigenvalue weighted by Gasteiger charge is -2.31. The minimum atomic E-state index is 0.516. The summed E-state index contributed by atoms with van der Waals surface area (Å²) in [5.74, 6) is 0. The van der Waals surface area contributed by atoms with Crippen LogP contribution in [0.4, 0.5) is 0 Å². The molecule has 0 aromatic carbocycles. The number of rotatable bonds is 0. The summed E-state index contributed by atoms with van der Waals surface area (Å²) < 4.78 is 0. The summed E-state index contributed by atoms with van der Waals surface area (Å²) in [7, 11) is 2.19. The van der Waals surface area contributed by atoms with Gasteiger partial charge in [-0.15, -0.1) is 5.10 Å². The number of likely N-dealkylation sites (N-methyl/N-ethyl adjacent to an activating group) is 1. The Morgan fingerprint density at radius 3 is 3.14 bits per heavy atom. The van der Waals surface area contributed by atoms with Crippen molar-refractivity contribution >= 4 is 11.6 Å². The van der Waals surface area contributed by atoms with E-state index < -0.39 is 0 Å². The summed E-state index contributed by atoms with van der Waals surface area (Å²) in [6.07, 6.45) is 3.54. The van der Waals surface area contributed by atoms with Crippen molar-refractivity contribution in [3.63, 3.8) is 0 Å². The van der Waals surface area contributed by atoms with Crippen LogP contribution in [0, 0.1) is 0 Å². The Hall–Kier alpha value is -0.670. The molecular formula is C10H12ClN3. The average Bonchev–Trinajstić information content (AvgIpc) is 2.43. The summed E-state index contributed by atoms with van der Waals surface area (Å²) in [6, 6.07) is 3.17. The van der Waals surface area contributed by atoms with Gasteiger partial charge >= 0.3 is 0 Å². The van der Waals surface area contributed by atoms with Crippen LogP contribution in [0.25, 0.3) is 0 Å². The van der Waals surface area contributed by atoms with Gasteiger partial charge in [-0.2, -0.15) is 5.10 Å². The molecule has 2 bridgehead atoms. The van der Waals surface area contributed by atoms with E-state index in [1.165, 1.54) is 18.4 Å². The summed E-state index contributed by atoms with van der Waals surface area (Å²) >= 11 is 5.87. The van der Waals surface area contributed by atoms with E-state index in [-0.39, 0.29) is 0 Å². The van der Waals surface area contributed by atoms with Crippen molar-refractivity contribution in [3.05, 3.63) is 22.5 Å². The molecule has 4 heteroatoms. The van der Waals surface area contributed by atoms with E-state index in [0.717, 1.165) is 12.1 Å². The minimum absolute atomic E-state index is 0.516. The molecule has 2 aliphatic heterocycles. The number of halogens is 1. The van der Waals surface area contributed by atoms with E-state index >= 15 is 0 Å². The number of hydrogen-bond donors (Lipinski definition) is 0. The molecule has 3 nitrogen and oxygen atoms in total. The maximum absolute atomic E-state index is 5.87. The summed E-state index contributed by atoms with van der Waals surface area (Å²) in [4.78, 5) is 2.44. The second kappa shape index (κ2) is 2.91. The van der Waals surface area contributed by atoms with Crippen LogP contribution in [0.15, 0.2) is 6.07 Å². The Morgan fingerprint density at radius 1 is 1.43 bits per heavy atom. The topological polar surface area (TPSA) is 29.0 Å². The molecule has 0 aliphatic carbocycles. The molecule has 1 fully saturated rings. The zero-order chi connectivity index (χ0) is 9.71. The lowest BCUT2D eigenvalue weighted by atomic mass is 10.00. The van der Waals surface area contributed by atoms with E-state index in [2.05, 4.69) is 22.1 Å². The molecule has 1 aromatic heterocycles. The van der Waals surface area contributed by atoms with Gasteiger partial charge in [-0.1, -0.05) is 11.6 Å². The first-order chi connectivity index (χ1) is 6.75. The Balaban J connectivity index is 2.12. The van der Waals surface area contributed by atoms with Gasteiger partial charge in [-0.25, -0.2) is 0 Å². The minimum Gasteiger partial charge on any atom is -0.296 e. The van der Waals surface area contributed by atoms with Gasteiger partial charge in [0.1, 0.15) is 0 Å². The van der Waals surface area contributed by atoms with Crippen LogP contribution in [-0.2, 0) is 6.42 Å². The lowest BCUT2D eigenvalue weighted by Crippen LogP contribution is -2.34. The number of nitrogens with zero attached hydrogens (tertiary/aromatic N) is 3. The number of aromatic nitrogens is 2. The molecule has 3 heterocycles.